The number of hydrogen-bond donors (Lipinski definition) is 0. The standard InChI is InChI=1S/C11H18ClNS/c1-9-6-7-10(8-11(9)12)14(4,5)13(2)3/h6-8H,1-5H3. The highest BCUT2D eigenvalue weighted by molar-refractivity contribution is 8.30. The van der Waals surface area contributed by atoms with Gasteiger partial charge in [0.05, 0.1) is 0 Å². The van der Waals surface area contributed by atoms with Crippen LogP contribution in [0.5, 0.6) is 0 Å². The summed E-state index contributed by atoms with van der Waals surface area (Å²) in [4.78, 5) is 1.33. The third-order valence-electron chi connectivity index (χ3n) is 2.63. The molecule has 0 saturated carbocycles. The maximum absolute atomic E-state index is 6.12. The maximum Gasteiger partial charge on any atom is 0.0446 e. The first-order valence-electron chi connectivity index (χ1n) is 4.52. The van der Waals surface area contributed by atoms with Gasteiger partial charge in [-0.2, -0.15) is 10.2 Å². The van der Waals surface area contributed by atoms with Gasteiger partial charge < -0.3 is 0 Å². The van der Waals surface area contributed by atoms with Crippen molar-refractivity contribution in [3.63, 3.8) is 0 Å². The first kappa shape index (κ1) is 11.9. The highest BCUT2D eigenvalue weighted by atomic mass is 35.5. The Morgan fingerprint density at radius 3 is 2.21 bits per heavy atom. The fraction of sp³-hybridized carbons (Fsp3) is 0.455. The normalized spacial score (nSPS) is 13.4. The van der Waals surface area contributed by atoms with E-state index in [1.807, 2.05) is 6.92 Å². The molecule has 0 spiro atoms. The first-order chi connectivity index (χ1) is 6.35. The predicted molar refractivity (Wildman–Crippen MR) is 67.6 cm³/mol. The number of hydrogen-bond acceptors (Lipinski definition) is 1. The lowest BCUT2D eigenvalue weighted by Gasteiger charge is -2.39. The average molecular weight is 232 g/mol. The lowest BCUT2D eigenvalue weighted by atomic mass is 10.2. The zero-order chi connectivity index (χ0) is 10.9. The van der Waals surface area contributed by atoms with E-state index in [9.17, 15) is 0 Å². The molecule has 0 amide bonds. The molecule has 0 unspecified atom stereocenters. The summed E-state index contributed by atoms with van der Waals surface area (Å²) in [7, 11) is 3.36. The van der Waals surface area contributed by atoms with Gasteiger partial charge in [0.1, 0.15) is 0 Å². The lowest BCUT2D eigenvalue weighted by Crippen LogP contribution is -2.17. The average Bonchev–Trinajstić information content (AvgIpc) is 2.09. The van der Waals surface area contributed by atoms with Crippen LogP contribution in [0.15, 0.2) is 23.1 Å². The maximum atomic E-state index is 6.12. The summed E-state index contributed by atoms with van der Waals surface area (Å²) >= 11 is 6.12. The van der Waals surface area contributed by atoms with Gasteiger partial charge in [-0.3, -0.25) is 4.31 Å². The molecule has 80 valence electrons. The largest absolute Gasteiger partial charge is 0.270 e. The van der Waals surface area contributed by atoms with Gasteiger partial charge in [-0.25, -0.2) is 0 Å². The molecule has 0 radical (unpaired) electrons. The van der Waals surface area contributed by atoms with E-state index in [0.29, 0.717) is 0 Å². The molecule has 1 rings (SSSR count). The van der Waals surface area contributed by atoms with Crippen LogP contribution in [0.2, 0.25) is 5.02 Å². The van der Waals surface area contributed by atoms with Crippen molar-refractivity contribution in [1.29, 1.82) is 0 Å². The molecule has 0 fully saturated rings. The van der Waals surface area contributed by atoms with E-state index in [-0.39, 0.29) is 0 Å². The monoisotopic (exact) mass is 231 g/mol. The summed E-state index contributed by atoms with van der Waals surface area (Å²) < 4.78 is 2.27. The van der Waals surface area contributed by atoms with Crippen LogP contribution in [0, 0.1) is 6.92 Å². The molecule has 3 heteroatoms. The first-order valence-corrected chi connectivity index (χ1v) is 7.31. The van der Waals surface area contributed by atoms with Crippen LogP contribution in [-0.2, 0) is 0 Å². The van der Waals surface area contributed by atoms with Gasteiger partial charge >= 0.3 is 0 Å². The molecule has 1 aromatic carbocycles. The van der Waals surface area contributed by atoms with Crippen LogP contribution in [0.3, 0.4) is 0 Å². The van der Waals surface area contributed by atoms with E-state index < -0.39 is 10.2 Å². The minimum Gasteiger partial charge on any atom is -0.270 e. The van der Waals surface area contributed by atoms with Crippen molar-refractivity contribution in [2.75, 3.05) is 26.6 Å². The lowest BCUT2D eigenvalue weighted by molar-refractivity contribution is 0.683. The van der Waals surface area contributed by atoms with Gasteiger partial charge in [0.2, 0.25) is 0 Å². The van der Waals surface area contributed by atoms with Gasteiger partial charge in [-0.05, 0) is 51.2 Å². The number of benzene rings is 1. The molecule has 0 heterocycles. The Labute approximate surface area is 93.5 Å². The summed E-state index contributed by atoms with van der Waals surface area (Å²) in [5.41, 5.74) is 1.14. The molecule has 0 aliphatic carbocycles. The molecule has 0 bridgehead atoms. The van der Waals surface area contributed by atoms with E-state index in [1.54, 1.807) is 0 Å². The van der Waals surface area contributed by atoms with E-state index in [1.165, 1.54) is 4.90 Å². The van der Waals surface area contributed by atoms with Crippen LogP contribution < -0.4 is 0 Å². The van der Waals surface area contributed by atoms with E-state index in [4.69, 9.17) is 11.6 Å². The van der Waals surface area contributed by atoms with Gasteiger partial charge in [-0.1, -0.05) is 17.7 Å². The Balaban J connectivity index is 3.14. The minimum atomic E-state index is -0.867. The molecule has 1 nitrogen and oxygen atoms in total. The molecular weight excluding hydrogens is 214 g/mol. The second-order valence-corrected chi connectivity index (χ2v) is 8.15. The zero-order valence-electron chi connectivity index (χ0n) is 9.47. The van der Waals surface area contributed by atoms with Crippen molar-refractivity contribution in [2.24, 2.45) is 0 Å². The van der Waals surface area contributed by atoms with Crippen molar-refractivity contribution in [3.8, 4) is 0 Å². The van der Waals surface area contributed by atoms with E-state index in [2.05, 4.69) is 49.1 Å². The number of rotatable bonds is 2. The molecule has 0 atom stereocenters. The minimum absolute atomic E-state index is 0.866. The molecule has 0 saturated heterocycles. The van der Waals surface area contributed by atoms with Crippen LogP contribution in [0.1, 0.15) is 5.56 Å². The summed E-state index contributed by atoms with van der Waals surface area (Å²) in [5, 5.41) is 0.866. The molecule has 0 aromatic heterocycles. The van der Waals surface area contributed by atoms with Crippen LogP contribution >= 0.6 is 21.8 Å². The third kappa shape index (κ3) is 2.25. The number of halogens is 1. The number of nitrogens with zero attached hydrogens (tertiary/aromatic N) is 1. The van der Waals surface area contributed by atoms with Gasteiger partial charge in [0.25, 0.3) is 0 Å². The fourth-order valence-corrected chi connectivity index (χ4v) is 2.57. The highest BCUT2D eigenvalue weighted by Crippen LogP contribution is 2.51. The summed E-state index contributed by atoms with van der Waals surface area (Å²) in [6.45, 7) is 2.03. The molecule has 1 aromatic rings. The Bertz CT molecular complexity index is 334. The van der Waals surface area contributed by atoms with E-state index in [0.717, 1.165) is 10.6 Å². The third-order valence-corrected chi connectivity index (χ3v) is 6.27. The van der Waals surface area contributed by atoms with Crippen molar-refractivity contribution in [3.05, 3.63) is 28.8 Å². The van der Waals surface area contributed by atoms with Crippen molar-refractivity contribution in [1.82, 2.24) is 4.31 Å². The predicted octanol–water partition coefficient (Wildman–Crippen LogP) is 3.55. The molecule has 0 aliphatic rings. The van der Waals surface area contributed by atoms with Crippen molar-refractivity contribution >= 4 is 21.8 Å². The summed E-state index contributed by atoms with van der Waals surface area (Å²) in [6.07, 6.45) is 4.54. The zero-order valence-corrected chi connectivity index (χ0v) is 11.0. The summed E-state index contributed by atoms with van der Waals surface area (Å²) in [5.74, 6) is 0. The molecule has 14 heavy (non-hydrogen) atoms. The summed E-state index contributed by atoms with van der Waals surface area (Å²) in [6, 6.07) is 6.36. The smallest absolute Gasteiger partial charge is 0.0446 e. The van der Waals surface area contributed by atoms with E-state index >= 15 is 0 Å². The Morgan fingerprint density at radius 2 is 1.79 bits per heavy atom. The highest BCUT2D eigenvalue weighted by Gasteiger charge is 2.17. The second-order valence-electron chi connectivity index (χ2n) is 4.00. The van der Waals surface area contributed by atoms with Crippen LogP contribution in [0.25, 0.3) is 0 Å². The van der Waals surface area contributed by atoms with Gasteiger partial charge in [-0.15, -0.1) is 0 Å². The molecule has 0 N–H and O–H groups in total. The Hall–Kier alpha value is -0.180. The van der Waals surface area contributed by atoms with Gasteiger partial charge in [0.15, 0.2) is 0 Å². The molecule has 0 aliphatic heterocycles. The van der Waals surface area contributed by atoms with Crippen molar-refractivity contribution in [2.45, 2.75) is 11.8 Å². The van der Waals surface area contributed by atoms with Crippen LogP contribution in [0.4, 0.5) is 0 Å². The Morgan fingerprint density at radius 1 is 1.21 bits per heavy atom. The van der Waals surface area contributed by atoms with Gasteiger partial charge in [0, 0.05) is 9.92 Å². The second kappa shape index (κ2) is 4.13. The van der Waals surface area contributed by atoms with Crippen LogP contribution in [-0.4, -0.2) is 30.9 Å². The topological polar surface area (TPSA) is 3.24 Å². The fourth-order valence-electron chi connectivity index (χ4n) is 1.10. The number of aryl methyl sites for hydroxylation is 1. The quantitative estimate of drug-likeness (QED) is 0.753. The Kier molecular flexibility index (Phi) is 3.51. The SMILES string of the molecule is Cc1ccc(S(C)(C)N(C)C)cc1Cl. The van der Waals surface area contributed by atoms with Crippen molar-refractivity contribution < 1.29 is 0 Å². The molecular formula is C11H18ClNS.